The zero-order chi connectivity index (χ0) is 14.8. The van der Waals surface area contributed by atoms with Crippen molar-refractivity contribution in [1.29, 1.82) is 0 Å². The molecule has 0 saturated heterocycles. The summed E-state index contributed by atoms with van der Waals surface area (Å²) in [5.74, 6) is -0.0601. The van der Waals surface area contributed by atoms with Crippen molar-refractivity contribution in [2.24, 2.45) is 0 Å². The van der Waals surface area contributed by atoms with Crippen LogP contribution in [0.15, 0.2) is 36.9 Å². The van der Waals surface area contributed by atoms with Crippen molar-refractivity contribution in [2.75, 3.05) is 11.9 Å². The Labute approximate surface area is 122 Å². The number of amides is 1. The van der Waals surface area contributed by atoms with Gasteiger partial charge in [0.05, 0.1) is 0 Å². The summed E-state index contributed by atoms with van der Waals surface area (Å²) in [6, 6.07) is 8.18. The van der Waals surface area contributed by atoms with E-state index in [1.165, 1.54) is 25.7 Å². The van der Waals surface area contributed by atoms with Crippen LogP contribution in [0.5, 0.6) is 0 Å². The second kappa shape index (κ2) is 9.18. The molecule has 0 unspecified atom stereocenters. The monoisotopic (exact) mass is 274 g/mol. The Kier molecular flexibility index (Phi) is 7.48. The van der Waals surface area contributed by atoms with Crippen LogP contribution in [0.25, 0.3) is 0 Å². The van der Waals surface area contributed by atoms with Crippen LogP contribution in [0.2, 0.25) is 0 Å². The molecule has 110 valence electrons. The molecule has 0 aromatic heterocycles. The Morgan fingerprint density at radius 1 is 1.20 bits per heavy atom. The molecule has 3 heteroatoms. The molecule has 0 aliphatic rings. The fourth-order valence-corrected chi connectivity index (χ4v) is 2.21. The number of nitrogens with one attached hydrogen (secondary N) is 2. The molecule has 0 aliphatic carbocycles. The minimum absolute atomic E-state index is 0.0601. The summed E-state index contributed by atoms with van der Waals surface area (Å²) in [5, 5.41) is 6.31. The van der Waals surface area contributed by atoms with Crippen LogP contribution in [-0.2, 0) is 0 Å². The van der Waals surface area contributed by atoms with Gasteiger partial charge < -0.3 is 10.6 Å². The molecule has 0 bridgehead atoms. The standard InChI is InChI=1S/C17H26N2O/c1-4-7-15(8-5-2)19-16-11-9-14(10-12-16)17(20)18-13-6-3/h6,9-12,15,19H,3-5,7-8,13H2,1-2H3,(H,18,20). The van der Waals surface area contributed by atoms with E-state index in [0.717, 1.165) is 5.69 Å². The van der Waals surface area contributed by atoms with E-state index in [-0.39, 0.29) is 5.91 Å². The molecule has 0 heterocycles. The number of hydrogen-bond donors (Lipinski definition) is 2. The van der Waals surface area contributed by atoms with Gasteiger partial charge in [0.2, 0.25) is 0 Å². The molecule has 0 atom stereocenters. The average molecular weight is 274 g/mol. The van der Waals surface area contributed by atoms with Gasteiger partial charge in [-0.15, -0.1) is 6.58 Å². The van der Waals surface area contributed by atoms with E-state index in [2.05, 4.69) is 31.1 Å². The van der Waals surface area contributed by atoms with Gasteiger partial charge in [-0.1, -0.05) is 32.8 Å². The molecule has 3 nitrogen and oxygen atoms in total. The zero-order valence-corrected chi connectivity index (χ0v) is 12.6. The quantitative estimate of drug-likeness (QED) is 0.669. The lowest BCUT2D eigenvalue weighted by atomic mass is 10.1. The summed E-state index contributed by atoms with van der Waals surface area (Å²) in [6.07, 6.45) is 6.39. The van der Waals surface area contributed by atoms with Crippen molar-refractivity contribution in [1.82, 2.24) is 5.32 Å². The lowest BCUT2D eigenvalue weighted by Gasteiger charge is -2.18. The number of anilines is 1. The van der Waals surface area contributed by atoms with E-state index in [1.54, 1.807) is 6.08 Å². The molecule has 0 radical (unpaired) electrons. The topological polar surface area (TPSA) is 41.1 Å². The second-order valence-electron chi connectivity index (χ2n) is 4.99. The Bertz CT molecular complexity index is 406. The maximum Gasteiger partial charge on any atom is 0.251 e. The van der Waals surface area contributed by atoms with Gasteiger partial charge in [0.1, 0.15) is 0 Å². The Balaban J connectivity index is 2.60. The van der Waals surface area contributed by atoms with Gasteiger partial charge in [-0.25, -0.2) is 0 Å². The van der Waals surface area contributed by atoms with Crippen LogP contribution in [0.4, 0.5) is 5.69 Å². The van der Waals surface area contributed by atoms with E-state index in [4.69, 9.17) is 0 Å². The third-order valence-electron chi connectivity index (χ3n) is 3.20. The summed E-state index contributed by atoms with van der Waals surface area (Å²) in [5.41, 5.74) is 1.76. The highest BCUT2D eigenvalue weighted by atomic mass is 16.1. The summed E-state index contributed by atoms with van der Waals surface area (Å²) < 4.78 is 0. The van der Waals surface area contributed by atoms with Gasteiger partial charge in [0, 0.05) is 23.8 Å². The summed E-state index contributed by atoms with van der Waals surface area (Å²) in [7, 11) is 0. The van der Waals surface area contributed by atoms with E-state index in [9.17, 15) is 4.79 Å². The highest BCUT2D eigenvalue weighted by Crippen LogP contribution is 2.15. The molecular formula is C17H26N2O. The summed E-state index contributed by atoms with van der Waals surface area (Å²) in [4.78, 5) is 11.8. The lowest BCUT2D eigenvalue weighted by molar-refractivity contribution is 0.0958. The third-order valence-corrected chi connectivity index (χ3v) is 3.20. The van der Waals surface area contributed by atoms with Crippen molar-refractivity contribution >= 4 is 11.6 Å². The molecule has 20 heavy (non-hydrogen) atoms. The van der Waals surface area contributed by atoms with Gasteiger partial charge in [-0.3, -0.25) is 4.79 Å². The average Bonchev–Trinajstić information content (AvgIpc) is 2.46. The number of benzene rings is 1. The summed E-state index contributed by atoms with van der Waals surface area (Å²) >= 11 is 0. The fourth-order valence-electron chi connectivity index (χ4n) is 2.21. The molecular weight excluding hydrogens is 248 g/mol. The van der Waals surface area contributed by atoms with Gasteiger partial charge >= 0.3 is 0 Å². The molecule has 0 spiro atoms. The highest BCUT2D eigenvalue weighted by molar-refractivity contribution is 5.94. The molecule has 1 rings (SSSR count). The van der Waals surface area contributed by atoms with E-state index >= 15 is 0 Å². The smallest absolute Gasteiger partial charge is 0.251 e. The van der Waals surface area contributed by atoms with Crippen LogP contribution in [0.1, 0.15) is 49.9 Å². The van der Waals surface area contributed by atoms with Crippen LogP contribution in [-0.4, -0.2) is 18.5 Å². The minimum atomic E-state index is -0.0601. The SMILES string of the molecule is C=CCNC(=O)c1ccc(NC(CCC)CCC)cc1. The van der Waals surface area contributed by atoms with Crippen molar-refractivity contribution in [2.45, 2.75) is 45.6 Å². The van der Waals surface area contributed by atoms with Gasteiger partial charge in [-0.05, 0) is 37.1 Å². The fraction of sp³-hybridized carbons (Fsp3) is 0.471. The first-order valence-electron chi connectivity index (χ1n) is 7.46. The van der Waals surface area contributed by atoms with E-state index in [1.807, 2.05) is 24.3 Å². The largest absolute Gasteiger partial charge is 0.382 e. The second-order valence-corrected chi connectivity index (χ2v) is 4.99. The zero-order valence-electron chi connectivity index (χ0n) is 12.6. The predicted molar refractivity (Wildman–Crippen MR) is 86.2 cm³/mol. The van der Waals surface area contributed by atoms with E-state index in [0.29, 0.717) is 18.2 Å². The maximum atomic E-state index is 11.8. The van der Waals surface area contributed by atoms with Gasteiger partial charge in [0.25, 0.3) is 5.91 Å². The van der Waals surface area contributed by atoms with Crippen LogP contribution in [0, 0.1) is 0 Å². The van der Waals surface area contributed by atoms with Gasteiger partial charge in [-0.2, -0.15) is 0 Å². The van der Waals surface area contributed by atoms with Gasteiger partial charge in [0.15, 0.2) is 0 Å². The molecule has 0 saturated carbocycles. The first kappa shape index (κ1) is 16.3. The number of rotatable bonds is 9. The van der Waals surface area contributed by atoms with Crippen molar-refractivity contribution in [3.63, 3.8) is 0 Å². The molecule has 2 N–H and O–H groups in total. The number of carbonyl (C=O) groups excluding carboxylic acids is 1. The Morgan fingerprint density at radius 2 is 1.80 bits per heavy atom. The first-order valence-corrected chi connectivity index (χ1v) is 7.46. The van der Waals surface area contributed by atoms with Crippen molar-refractivity contribution < 1.29 is 4.79 Å². The molecule has 0 aliphatic heterocycles. The lowest BCUT2D eigenvalue weighted by Crippen LogP contribution is -2.23. The molecule has 1 amide bonds. The minimum Gasteiger partial charge on any atom is -0.382 e. The predicted octanol–water partition coefficient (Wildman–Crippen LogP) is 3.98. The number of carbonyl (C=O) groups is 1. The molecule has 1 aromatic carbocycles. The highest BCUT2D eigenvalue weighted by Gasteiger charge is 2.07. The molecule has 0 fully saturated rings. The van der Waals surface area contributed by atoms with Crippen LogP contribution >= 0.6 is 0 Å². The maximum absolute atomic E-state index is 11.8. The van der Waals surface area contributed by atoms with Crippen molar-refractivity contribution in [3.8, 4) is 0 Å². The summed E-state index contributed by atoms with van der Waals surface area (Å²) in [6.45, 7) is 8.49. The Morgan fingerprint density at radius 3 is 2.30 bits per heavy atom. The van der Waals surface area contributed by atoms with Crippen molar-refractivity contribution in [3.05, 3.63) is 42.5 Å². The van der Waals surface area contributed by atoms with Crippen LogP contribution in [0.3, 0.4) is 0 Å². The van der Waals surface area contributed by atoms with Crippen LogP contribution < -0.4 is 10.6 Å². The first-order chi connectivity index (χ1) is 9.71. The Hall–Kier alpha value is -1.77. The molecule has 1 aromatic rings. The van der Waals surface area contributed by atoms with E-state index < -0.39 is 0 Å². The normalized spacial score (nSPS) is 10.3. The third kappa shape index (κ3) is 5.47. The number of hydrogen-bond acceptors (Lipinski definition) is 2.